The number of carboxylic acid groups (broad SMARTS) is 1. The van der Waals surface area contributed by atoms with Crippen LogP contribution in [-0.4, -0.2) is 73.1 Å². The molecule has 0 bridgehead atoms. The average molecular weight is 846 g/mol. The summed E-state index contributed by atoms with van der Waals surface area (Å²) < 4.78 is 12.6. The Hall–Kier alpha value is -5.95. The normalized spacial score (nSPS) is 12.3. The Labute approximate surface area is 358 Å². The number of aliphatic hydroxyl groups is 4. The lowest BCUT2D eigenvalue weighted by molar-refractivity contribution is -0.139. The summed E-state index contributed by atoms with van der Waals surface area (Å²) in [7, 11) is 0. The number of ether oxygens (including phenoxy) is 2. The molecule has 316 valence electrons. The Kier molecular flexibility index (Phi) is 15.4. The number of aliphatic hydroxyl groups excluding tert-OH is 3. The fraction of sp³-hybridized carbons (Fsp3) is 0.277. The molecule has 61 heavy (non-hydrogen) atoms. The molecule has 0 saturated carbocycles. The van der Waals surface area contributed by atoms with Gasteiger partial charge in [-0.05, 0) is 82.6 Å². The number of aliphatic carboxylic acids is 1. The highest BCUT2D eigenvalue weighted by atomic mass is 35.5. The fourth-order valence-corrected chi connectivity index (χ4v) is 7.39. The van der Waals surface area contributed by atoms with Gasteiger partial charge in [0.1, 0.15) is 30.8 Å². The van der Waals surface area contributed by atoms with Gasteiger partial charge in [-0.15, -0.1) is 0 Å². The van der Waals surface area contributed by atoms with E-state index in [2.05, 4.69) is 70.9 Å². The smallest absolute Gasteiger partial charge is 0.306 e. The molecule has 13 nitrogen and oxygen atoms in total. The van der Waals surface area contributed by atoms with Gasteiger partial charge in [-0.2, -0.15) is 5.26 Å². The molecule has 0 fully saturated rings. The molecule has 0 amide bonds. The first-order valence-electron chi connectivity index (χ1n) is 19.7. The van der Waals surface area contributed by atoms with Gasteiger partial charge in [0.2, 0.25) is 0 Å². The van der Waals surface area contributed by atoms with Gasteiger partial charge < -0.3 is 45.6 Å². The van der Waals surface area contributed by atoms with Gasteiger partial charge in [0, 0.05) is 73.8 Å². The van der Waals surface area contributed by atoms with Gasteiger partial charge in [0.15, 0.2) is 6.29 Å². The SMILES string of the molecule is Cc1c(COc2cc(OCc3cncc(C#N)c3)c(CNC[C@@H](O)CC(O)O)cc2Cl)cccc1-c1cccc(-c2ccc3c(CNC[C@@H](O)CC(=O)O)ccnc3c2)c1C. The van der Waals surface area contributed by atoms with Crippen LogP contribution in [0.5, 0.6) is 11.5 Å². The van der Waals surface area contributed by atoms with Gasteiger partial charge in [-0.3, -0.25) is 14.8 Å². The van der Waals surface area contributed by atoms with E-state index in [1.54, 1.807) is 30.6 Å². The third-order valence-electron chi connectivity index (χ3n) is 10.3. The molecule has 6 rings (SSSR count). The summed E-state index contributed by atoms with van der Waals surface area (Å²) in [6, 6.07) is 27.7. The first-order chi connectivity index (χ1) is 29.4. The van der Waals surface area contributed by atoms with Crippen LogP contribution >= 0.6 is 11.6 Å². The van der Waals surface area contributed by atoms with Crippen LogP contribution in [-0.2, 0) is 31.1 Å². The molecule has 0 radical (unpaired) electrons. The molecule has 2 aromatic heterocycles. The Morgan fingerprint density at radius 1 is 0.787 bits per heavy atom. The lowest BCUT2D eigenvalue weighted by atomic mass is 9.89. The van der Waals surface area contributed by atoms with Crippen LogP contribution in [0.3, 0.4) is 0 Å². The van der Waals surface area contributed by atoms with Crippen molar-refractivity contribution >= 4 is 28.5 Å². The maximum atomic E-state index is 10.9. The number of fused-ring (bicyclic) bond motifs is 1. The molecule has 4 aromatic carbocycles. The van der Waals surface area contributed by atoms with E-state index in [9.17, 15) is 30.5 Å². The number of carboxylic acids is 1. The average Bonchev–Trinajstić information content (AvgIpc) is 3.23. The predicted octanol–water partition coefficient (Wildman–Crippen LogP) is 6.34. The van der Waals surface area contributed by atoms with E-state index in [0.717, 1.165) is 55.4 Å². The van der Waals surface area contributed by atoms with Gasteiger partial charge in [-0.1, -0.05) is 60.1 Å². The van der Waals surface area contributed by atoms with Crippen LogP contribution in [0.4, 0.5) is 0 Å². The highest BCUT2D eigenvalue weighted by molar-refractivity contribution is 6.32. The van der Waals surface area contributed by atoms with Crippen LogP contribution in [0.2, 0.25) is 5.02 Å². The fourth-order valence-electron chi connectivity index (χ4n) is 7.15. The van der Waals surface area contributed by atoms with Gasteiger partial charge >= 0.3 is 5.97 Å². The highest BCUT2D eigenvalue weighted by Gasteiger charge is 2.17. The number of halogens is 1. The zero-order chi connectivity index (χ0) is 43.5. The second-order valence-electron chi connectivity index (χ2n) is 14.8. The molecule has 14 heteroatoms. The van der Waals surface area contributed by atoms with E-state index in [-0.39, 0.29) is 45.7 Å². The molecule has 7 N–H and O–H groups in total. The molecule has 0 aliphatic rings. The topological polar surface area (TPSA) is 210 Å². The molecule has 0 aliphatic carbocycles. The van der Waals surface area contributed by atoms with Crippen LogP contribution in [0.1, 0.15) is 51.8 Å². The van der Waals surface area contributed by atoms with Crippen LogP contribution < -0.4 is 20.1 Å². The van der Waals surface area contributed by atoms with Crippen molar-refractivity contribution in [1.82, 2.24) is 20.6 Å². The van der Waals surface area contributed by atoms with Crippen molar-refractivity contribution in [1.29, 1.82) is 5.26 Å². The summed E-state index contributed by atoms with van der Waals surface area (Å²) in [4.78, 5) is 19.7. The molecular formula is C47H48ClN5O8. The van der Waals surface area contributed by atoms with E-state index < -0.39 is 24.5 Å². The van der Waals surface area contributed by atoms with Crippen molar-refractivity contribution in [3.63, 3.8) is 0 Å². The third kappa shape index (κ3) is 11.9. The lowest BCUT2D eigenvalue weighted by Crippen LogP contribution is -2.29. The number of nitrogens with zero attached hydrogens (tertiary/aromatic N) is 3. The zero-order valence-electron chi connectivity index (χ0n) is 33.8. The first kappa shape index (κ1) is 44.6. The van der Waals surface area contributed by atoms with Crippen LogP contribution in [0, 0.1) is 25.2 Å². The Bertz CT molecular complexity index is 2530. The Balaban J connectivity index is 1.20. The number of rotatable bonds is 20. The van der Waals surface area contributed by atoms with Gasteiger partial charge in [-0.25, -0.2) is 0 Å². The molecule has 0 unspecified atom stereocenters. The summed E-state index contributed by atoms with van der Waals surface area (Å²) in [5, 5.41) is 64.3. The van der Waals surface area contributed by atoms with Crippen LogP contribution in [0.25, 0.3) is 33.2 Å². The number of nitrogens with one attached hydrogen (secondary N) is 2. The number of nitriles is 1. The second kappa shape index (κ2) is 21.0. The molecule has 6 aromatic rings. The maximum absolute atomic E-state index is 10.9. The summed E-state index contributed by atoms with van der Waals surface area (Å²) >= 11 is 6.79. The van der Waals surface area contributed by atoms with Gasteiger partial charge in [0.25, 0.3) is 0 Å². The van der Waals surface area contributed by atoms with E-state index in [1.807, 2.05) is 30.3 Å². The minimum atomic E-state index is -1.63. The van der Waals surface area contributed by atoms with Gasteiger partial charge in [0.05, 0.1) is 34.7 Å². The maximum Gasteiger partial charge on any atom is 0.306 e. The molecule has 2 heterocycles. The number of hydrogen-bond donors (Lipinski definition) is 7. The summed E-state index contributed by atoms with van der Waals surface area (Å²) in [6.45, 7) is 5.47. The van der Waals surface area contributed by atoms with E-state index in [4.69, 9.17) is 26.2 Å². The monoisotopic (exact) mass is 845 g/mol. The van der Waals surface area contributed by atoms with Crippen molar-refractivity contribution in [2.24, 2.45) is 0 Å². The summed E-state index contributed by atoms with van der Waals surface area (Å²) in [6.07, 6.45) is 0.746. The van der Waals surface area contributed by atoms with Crippen molar-refractivity contribution in [2.45, 2.75) is 71.5 Å². The van der Waals surface area contributed by atoms with Crippen molar-refractivity contribution in [3.8, 4) is 39.8 Å². The number of benzene rings is 4. The highest BCUT2D eigenvalue weighted by Crippen LogP contribution is 2.37. The minimum absolute atomic E-state index is 0.101. The lowest BCUT2D eigenvalue weighted by Gasteiger charge is -2.19. The number of pyridine rings is 2. The van der Waals surface area contributed by atoms with Crippen LogP contribution in [0.15, 0.2) is 97.5 Å². The number of aromatic nitrogens is 2. The quantitative estimate of drug-likeness (QED) is 0.0419. The van der Waals surface area contributed by atoms with E-state index >= 15 is 0 Å². The summed E-state index contributed by atoms with van der Waals surface area (Å²) in [5.41, 5.74) is 10.9. The van der Waals surface area contributed by atoms with E-state index in [0.29, 0.717) is 39.8 Å². The molecule has 2 atom stereocenters. The largest absolute Gasteiger partial charge is 0.488 e. The first-order valence-corrected chi connectivity index (χ1v) is 20.1. The van der Waals surface area contributed by atoms with Crippen molar-refractivity contribution < 1.29 is 39.8 Å². The minimum Gasteiger partial charge on any atom is -0.488 e. The summed E-state index contributed by atoms with van der Waals surface area (Å²) in [5.74, 6) is -0.179. The number of hydrogen-bond acceptors (Lipinski definition) is 12. The Morgan fingerprint density at radius 3 is 2.25 bits per heavy atom. The molecule has 0 saturated heterocycles. The van der Waals surface area contributed by atoms with Crippen molar-refractivity contribution in [2.75, 3.05) is 13.1 Å². The second-order valence-corrected chi connectivity index (χ2v) is 15.2. The predicted molar refractivity (Wildman–Crippen MR) is 232 cm³/mol. The molecular weight excluding hydrogens is 798 g/mol. The Morgan fingerprint density at radius 2 is 1.49 bits per heavy atom. The third-order valence-corrected chi connectivity index (χ3v) is 10.6. The van der Waals surface area contributed by atoms with E-state index in [1.165, 1.54) is 6.20 Å². The number of carbonyl (C=O) groups is 1. The molecule has 0 aliphatic heterocycles. The van der Waals surface area contributed by atoms with Crippen molar-refractivity contribution in [3.05, 3.63) is 141 Å². The zero-order valence-corrected chi connectivity index (χ0v) is 34.6. The standard InChI is InChI=1S/C47H48ClN5O8/c1-28-34(27-61-45-18-44(60-26-31-13-30(19-49)20-50-21-31)35(14-42(45)48)23-52-25-37(55)17-47(58)59)5-3-7-39(28)40-8-4-6-38(29(40)2)32-9-10-41-33(11-12-53-43(41)15-32)22-51-24-36(54)16-46(56)57/h3-15,18,20-21,36-37,47,51-52,54-55,58-59H,16-17,22-27H2,1-2H3,(H,56,57)/t36-,37-/m0/s1. The molecule has 0 spiro atoms.